The van der Waals surface area contributed by atoms with Crippen LogP contribution in [0.3, 0.4) is 0 Å². The maximum atomic E-state index is 2.62. The Morgan fingerprint density at radius 1 is 0.643 bits per heavy atom. The van der Waals surface area contributed by atoms with Gasteiger partial charge in [-0.1, -0.05) is 66.2 Å². The second kappa shape index (κ2) is 5.94. The first-order valence-corrected chi connectivity index (χ1v) is 9.37. The van der Waals surface area contributed by atoms with Crippen molar-refractivity contribution in [3.8, 4) is 0 Å². The van der Waals surface area contributed by atoms with Gasteiger partial charge in [0, 0.05) is 0 Å². The average molecular weight is 214 g/mol. The van der Waals surface area contributed by atoms with E-state index in [1.54, 1.807) is 0 Å². The summed E-state index contributed by atoms with van der Waals surface area (Å²) in [7, 11) is -0.939. The van der Waals surface area contributed by atoms with E-state index in [9.17, 15) is 0 Å². The fourth-order valence-electron chi connectivity index (χ4n) is 3.21. The number of rotatable bonds is 6. The summed E-state index contributed by atoms with van der Waals surface area (Å²) in [6.45, 7) is 16.9. The summed E-state index contributed by atoms with van der Waals surface area (Å²) in [6.07, 6.45) is 0. The highest BCUT2D eigenvalue weighted by molar-refractivity contribution is 6.78. The highest BCUT2D eigenvalue weighted by atomic mass is 28.3. The fourth-order valence-corrected chi connectivity index (χ4v) is 9.62. The van der Waals surface area contributed by atoms with Crippen LogP contribution in [0.15, 0.2) is 0 Å². The maximum absolute atomic E-state index is 2.62. The van der Waals surface area contributed by atoms with Crippen LogP contribution in [0, 0.1) is 17.8 Å². The first kappa shape index (κ1) is 14.2. The Morgan fingerprint density at radius 3 is 1.00 bits per heavy atom. The average Bonchev–Trinajstić information content (AvgIpc) is 1.76. The van der Waals surface area contributed by atoms with Gasteiger partial charge in [0.15, 0.2) is 0 Å². The largest absolute Gasteiger partial charge is 0.0691 e. The lowest BCUT2D eigenvalue weighted by molar-refractivity contribution is 0.645. The van der Waals surface area contributed by atoms with Crippen molar-refractivity contribution < 1.29 is 0 Å². The third kappa shape index (κ3) is 6.64. The molecule has 0 aromatic heterocycles. The highest BCUT2D eigenvalue weighted by Crippen LogP contribution is 2.31. The van der Waals surface area contributed by atoms with E-state index in [4.69, 9.17) is 0 Å². The minimum Gasteiger partial charge on any atom is -0.0691 e. The molecule has 0 bridgehead atoms. The van der Waals surface area contributed by atoms with Gasteiger partial charge in [-0.25, -0.2) is 0 Å². The first-order chi connectivity index (χ1) is 6.25. The van der Waals surface area contributed by atoms with Crippen LogP contribution in [-0.2, 0) is 0 Å². The van der Waals surface area contributed by atoms with Crippen LogP contribution < -0.4 is 0 Å². The molecule has 1 heteroatoms. The molecule has 0 aliphatic rings. The van der Waals surface area contributed by atoms with Gasteiger partial charge in [0.1, 0.15) is 0 Å². The van der Waals surface area contributed by atoms with Crippen molar-refractivity contribution in [1.82, 2.24) is 0 Å². The van der Waals surface area contributed by atoms with E-state index in [1.807, 2.05) is 0 Å². The Kier molecular flexibility index (Phi) is 6.04. The van der Waals surface area contributed by atoms with Crippen molar-refractivity contribution >= 4 is 8.07 Å². The normalized spacial score (nSPS) is 13.3. The van der Waals surface area contributed by atoms with Crippen LogP contribution in [0.25, 0.3) is 0 Å². The van der Waals surface area contributed by atoms with Crippen molar-refractivity contribution in [2.45, 2.75) is 66.2 Å². The van der Waals surface area contributed by atoms with Crippen molar-refractivity contribution in [1.29, 1.82) is 0 Å². The number of hydrogen-bond donors (Lipinski definition) is 0. The van der Waals surface area contributed by atoms with E-state index in [0.717, 1.165) is 17.8 Å². The van der Waals surface area contributed by atoms with Gasteiger partial charge in [0.25, 0.3) is 0 Å². The molecule has 0 fully saturated rings. The third-order valence-electron chi connectivity index (χ3n) is 2.70. The van der Waals surface area contributed by atoms with Gasteiger partial charge in [-0.15, -0.1) is 0 Å². The quantitative estimate of drug-likeness (QED) is 0.544. The summed E-state index contributed by atoms with van der Waals surface area (Å²) in [5, 5.41) is 0. The second-order valence-corrected chi connectivity index (χ2v) is 11.5. The second-order valence-electron chi connectivity index (χ2n) is 6.60. The Bertz CT molecular complexity index is 121. The van der Waals surface area contributed by atoms with E-state index in [-0.39, 0.29) is 0 Å². The maximum Gasteiger partial charge on any atom is 0.0512 e. The van der Waals surface area contributed by atoms with Gasteiger partial charge >= 0.3 is 0 Å². The predicted molar refractivity (Wildman–Crippen MR) is 70.6 cm³/mol. The molecule has 0 rings (SSSR count). The van der Waals surface area contributed by atoms with Crippen LogP contribution in [0.2, 0.25) is 24.7 Å². The molecule has 0 aromatic carbocycles. The van der Waals surface area contributed by atoms with Gasteiger partial charge < -0.3 is 0 Å². The lowest BCUT2D eigenvalue weighted by Gasteiger charge is -2.32. The van der Waals surface area contributed by atoms with Crippen LogP contribution >= 0.6 is 0 Å². The van der Waals surface area contributed by atoms with Crippen LogP contribution in [0.5, 0.6) is 0 Å². The molecule has 0 spiro atoms. The minimum absolute atomic E-state index is 0.893. The molecular formula is C13H30Si. The fraction of sp³-hybridized carbons (Fsp3) is 1.00. The molecule has 0 N–H and O–H groups in total. The molecule has 0 saturated heterocycles. The SMILES string of the molecule is CC(C)C[Si](C)(CC(C)C)CC(C)C. The Labute approximate surface area is 92.5 Å². The summed E-state index contributed by atoms with van der Waals surface area (Å²) in [5.74, 6) is 2.68. The third-order valence-corrected chi connectivity index (χ3v) is 8.11. The van der Waals surface area contributed by atoms with Gasteiger partial charge in [0.05, 0.1) is 8.07 Å². The minimum atomic E-state index is -0.939. The monoisotopic (exact) mass is 214 g/mol. The summed E-state index contributed by atoms with van der Waals surface area (Å²) < 4.78 is 0. The Hall–Kier alpha value is 0.217. The van der Waals surface area contributed by atoms with E-state index < -0.39 is 8.07 Å². The Balaban J connectivity index is 4.32. The van der Waals surface area contributed by atoms with Crippen molar-refractivity contribution in [2.24, 2.45) is 17.8 Å². The summed E-state index contributed by atoms with van der Waals surface area (Å²) in [6, 6.07) is 4.55. The molecular weight excluding hydrogens is 184 g/mol. The van der Waals surface area contributed by atoms with Gasteiger partial charge in [-0.3, -0.25) is 0 Å². The van der Waals surface area contributed by atoms with Crippen LogP contribution in [0.1, 0.15) is 41.5 Å². The van der Waals surface area contributed by atoms with E-state index in [2.05, 4.69) is 48.1 Å². The van der Waals surface area contributed by atoms with Gasteiger partial charge in [0.2, 0.25) is 0 Å². The predicted octanol–water partition coefficient (Wildman–Crippen LogP) is 5.03. The lowest BCUT2D eigenvalue weighted by atomic mass is 10.2. The first-order valence-electron chi connectivity index (χ1n) is 6.25. The van der Waals surface area contributed by atoms with Crippen molar-refractivity contribution in [3.05, 3.63) is 0 Å². The van der Waals surface area contributed by atoms with Crippen molar-refractivity contribution in [2.75, 3.05) is 0 Å². The molecule has 0 aliphatic heterocycles. The summed E-state index contributed by atoms with van der Waals surface area (Å²) in [5.41, 5.74) is 0. The molecule has 0 saturated carbocycles. The number of hydrogen-bond acceptors (Lipinski definition) is 0. The zero-order chi connectivity index (χ0) is 11.4. The molecule has 14 heavy (non-hydrogen) atoms. The van der Waals surface area contributed by atoms with E-state index in [0.29, 0.717) is 0 Å². The smallest absolute Gasteiger partial charge is 0.0512 e. The van der Waals surface area contributed by atoms with Crippen LogP contribution in [0.4, 0.5) is 0 Å². The van der Waals surface area contributed by atoms with E-state index in [1.165, 1.54) is 18.1 Å². The molecule has 0 heterocycles. The summed E-state index contributed by atoms with van der Waals surface area (Å²) >= 11 is 0. The molecule has 0 aliphatic carbocycles. The molecule has 0 radical (unpaired) electrons. The molecule has 0 aromatic rings. The lowest BCUT2D eigenvalue weighted by Crippen LogP contribution is -2.34. The van der Waals surface area contributed by atoms with E-state index >= 15 is 0 Å². The summed E-state index contributed by atoms with van der Waals surface area (Å²) in [4.78, 5) is 0. The van der Waals surface area contributed by atoms with Gasteiger partial charge in [-0.05, 0) is 17.8 Å². The highest BCUT2D eigenvalue weighted by Gasteiger charge is 2.29. The Morgan fingerprint density at radius 2 is 0.857 bits per heavy atom. The standard InChI is InChI=1S/C13H30Si/c1-11(2)8-14(7,9-12(3)4)10-13(5)6/h11-13H,8-10H2,1-7H3. The van der Waals surface area contributed by atoms with Crippen LogP contribution in [-0.4, -0.2) is 8.07 Å². The molecule has 0 nitrogen and oxygen atoms in total. The molecule has 0 atom stereocenters. The molecule has 0 unspecified atom stereocenters. The molecule has 86 valence electrons. The zero-order valence-corrected chi connectivity index (χ0v) is 12.4. The zero-order valence-electron chi connectivity index (χ0n) is 11.4. The van der Waals surface area contributed by atoms with Gasteiger partial charge in [-0.2, -0.15) is 0 Å². The van der Waals surface area contributed by atoms with Crippen molar-refractivity contribution in [3.63, 3.8) is 0 Å². The molecule has 0 amide bonds. The topological polar surface area (TPSA) is 0 Å².